The number of Topliss-reactive ketones (excluding diaryl/α,β-unsaturated/α-hetero) is 1. The number of amides is 1. The van der Waals surface area contributed by atoms with Crippen molar-refractivity contribution < 1.29 is 14.3 Å². The van der Waals surface area contributed by atoms with Gasteiger partial charge >= 0.3 is 6.09 Å². The number of hydrogen-bond acceptors (Lipinski definition) is 3. The molecule has 0 radical (unpaired) electrons. The first kappa shape index (κ1) is 15.4. The van der Waals surface area contributed by atoms with Crippen molar-refractivity contribution in [2.24, 2.45) is 0 Å². The maximum atomic E-state index is 11.5. The van der Waals surface area contributed by atoms with Gasteiger partial charge in [0.25, 0.3) is 0 Å². The van der Waals surface area contributed by atoms with Gasteiger partial charge in [-0.05, 0) is 34.6 Å². The molecule has 0 atom stereocenters. The van der Waals surface area contributed by atoms with E-state index in [0.717, 1.165) is 0 Å². The van der Waals surface area contributed by atoms with Crippen LogP contribution in [0.15, 0.2) is 0 Å². The molecule has 0 bridgehead atoms. The first-order chi connectivity index (χ1) is 7.06. The molecule has 0 aliphatic carbocycles. The van der Waals surface area contributed by atoms with Crippen molar-refractivity contribution in [3.63, 3.8) is 0 Å². The first-order valence-corrected chi connectivity index (χ1v) is 6.27. The number of carbonyl (C=O) groups is 2. The van der Waals surface area contributed by atoms with E-state index in [4.69, 9.17) is 4.74 Å². The van der Waals surface area contributed by atoms with E-state index in [1.54, 1.807) is 34.6 Å². The van der Waals surface area contributed by atoms with Gasteiger partial charge in [-0.25, -0.2) is 4.79 Å². The lowest BCUT2D eigenvalue weighted by Gasteiger charge is -2.27. The molecule has 0 unspecified atom stereocenters. The maximum absolute atomic E-state index is 11.5. The van der Waals surface area contributed by atoms with E-state index in [-0.39, 0.29) is 12.2 Å². The smallest absolute Gasteiger partial charge is 0.408 e. The van der Waals surface area contributed by atoms with Crippen molar-refractivity contribution in [1.82, 2.24) is 5.32 Å². The molecule has 1 amide bonds. The molecule has 0 aliphatic rings. The maximum Gasteiger partial charge on any atom is 0.408 e. The Morgan fingerprint density at radius 2 is 1.69 bits per heavy atom. The summed E-state index contributed by atoms with van der Waals surface area (Å²) in [5, 5.41) is 2.97. The van der Waals surface area contributed by atoms with Crippen LogP contribution in [0.5, 0.6) is 0 Å². The summed E-state index contributed by atoms with van der Waals surface area (Å²) in [4.78, 5) is 22.7. The van der Waals surface area contributed by atoms with Crippen LogP contribution >= 0.6 is 15.9 Å². The Bertz CT molecular complexity index is 269. The van der Waals surface area contributed by atoms with Crippen molar-refractivity contribution in [1.29, 1.82) is 0 Å². The number of carbonyl (C=O) groups excluding carboxylic acids is 2. The normalized spacial score (nSPS) is 12.1. The number of nitrogens with one attached hydrogen (secondary N) is 1. The zero-order chi connectivity index (χ0) is 13.0. The number of halogens is 1. The molecule has 0 heterocycles. The number of ketones is 1. The monoisotopic (exact) mass is 293 g/mol. The Kier molecular flexibility index (Phi) is 5.46. The highest BCUT2D eigenvalue weighted by Gasteiger charge is 2.26. The summed E-state index contributed by atoms with van der Waals surface area (Å²) in [5.41, 5.74) is -1.12. The summed E-state index contributed by atoms with van der Waals surface area (Å²) in [6, 6.07) is 0. The zero-order valence-electron chi connectivity index (χ0n) is 10.5. The molecule has 4 nitrogen and oxygen atoms in total. The fraction of sp³-hybridized carbons (Fsp3) is 0.818. The first-order valence-electron chi connectivity index (χ1n) is 5.14. The van der Waals surface area contributed by atoms with Gasteiger partial charge in [0.15, 0.2) is 0 Å². The van der Waals surface area contributed by atoms with E-state index in [0.29, 0.717) is 5.33 Å². The minimum atomic E-state index is -0.590. The Hall–Kier alpha value is -0.580. The molecule has 0 aromatic heterocycles. The van der Waals surface area contributed by atoms with Gasteiger partial charge in [0.1, 0.15) is 11.4 Å². The average molecular weight is 294 g/mol. The highest BCUT2D eigenvalue weighted by molar-refractivity contribution is 9.09. The van der Waals surface area contributed by atoms with Gasteiger partial charge in [0, 0.05) is 12.0 Å². The molecule has 0 spiro atoms. The Morgan fingerprint density at radius 3 is 2.06 bits per heavy atom. The van der Waals surface area contributed by atoms with Gasteiger partial charge in [0.2, 0.25) is 0 Å². The highest BCUT2D eigenvalue weighted by atomic mass is 79.9. The van der Waals surface area contributed by atoms with Gasteiger partial charge in [-0.1, -0.05) is 15.9 Å². The Balaban J connectivity index is 4.26. The van der Waals surface area contributed by atoms with Crippen LogP contribution in [0.25, 0.3) is 0 Å². The molecular weight excluding hydrogens is 274 g/mol. The van der Waals surface area contributed by atoms with Crippen LogP contribution in [-0.2, 0) is 9.53 Å². The van der Waals surface area contributed by atoms with E-state index in [1.807, 2.05) is 0 Å². The van der Waals surface area contributed by atoms with E-state index in [2.05, 4.69) is 21.2 Å². The van der Waals surface area contributed by atoms with E-state index in [9.17, 15) is 9.59 Å². The Labute approximate surface area is 105 Å². The van der Waals surface area contributed by atoms with Crippen LogP contribution in [0, 0.1) is 0 Å². The van der Waals surface area contributed by atoms with Crippen LogP contribution in [0.2, 0.25) is 0 Å². The molecule has 0 aromatic rings. The molecule has 0 aromatic carbocycles. The van der Waals surface area contributed by atoms with Gasteiger partial charge in [-0.3, -0.25) is 4.79 Å². The third-order valence-electron chi connectivity index (χ3n) is 1.63. The van der Waals surface area contributed by atoms with Gasteiger partial charge < -0.3 is 10.1 Å². The minimum Gasteiger partial charge on any atom is -0.444 e. The third kappa shape index (κ3) is 7.68. The molecule has 0 saturated heterocycles. The van der Waals surface area contributed by atoms with Crippen molar-refractivity contribution in [3.8, 4) is 0 Å². The number of rotatable bonds is 4. The third-order valence-corrected chi connectivity index (χ3v) is 2.25. The molecule has 0 aliphatic heterocycles. The summed E-state index contributed by atoms with van der Waals surface area (Å²) >= 11 is 3.09. The summed E-state index contributed by atoms with van der Waals surface area (Å²) in [6.45, 7) is 8.96. The zero-order valence-corrected chi connectivity index (χ0v) is 12.1. The lowest BCUT2D eigenvalue weighted by Crippen LogP contribution is -2.47. The Morgan fingerprint density at radius 1 is 1.19 bits per heavy atom. The summed E-state index contributed by atoms with van der Waals surface area (Å²) in [5.74, 6) is 0.0426. The quantitative estimate of drug-likeness (QED) is 0.811. The summed E-state index contributed by atoms with van der Waals surface area (Å²) in [6.07, 6.45) is -0.225. The number of alkyl carbamates (subject to hydrolysis) is 1. The number of hydrogen-bond donors (Lipinski definition) is 1. The van der Waals surface area contributed by atoms with E-state index >= 15 is 0 Å². The summed E-state index contributed by atoms with van der Waals surface area (Å²) in [7, 11) is 0. The molecule has 16 heavy (non-hydrogen) atoms. The van der Waals surface area contributed by atoms with Crippen LogP contribution in [0.1, 0.15) is 41.0 Å². The predicted octanol–water partition coefficient (Wildman–Crippen LogP) is 2.64. The molecular formula is C11H20BrNO3. The minimum absolute atomic E-state index is 0.0426. The van der Waals surface area contributed by atoms with Crippen molar-refractivity contribution in [3.05, 3.63) is 0 Å². The molecule has 1 N–H and O–H groups in total. The second kappa shape index (κ2) is 5.66. The van der Waals surface area contributed by atoms with Crippen LogP contribution in [0.3, 0.4) is 0 Å². The average Bonchev–Trinajstić information content (AvgIpc) is 1.97. The number of ether oxygens (including phenoxy) is 1. The largest absolute Gasteiger partial charge is 0.444 e. The van der Waals surface area contributed by atoms with E-state index in [1.165, 1.54) is 0 Å². The summed E-state index contributed by atoms with van der Waals surface area (Å²) < 4.78 is 5.12. The van der Waals surface area contributed by atoms with Crippen molar-refractivity contribution in [2.75, 3.05) is 5.33 Å². The highest BCUT2D eigenvalue weighted by Crippen LogP contribution is 2.13. The number of alkyl halides is 1. The molecule has 0 rings (SSSR count). The fourth-order valence-electron chi connectivity index (χ4n) is 1.16. The standard InChI is InChI=1S/C11H20BrNO3/c1-10(2,3)16-9(15)13-11(4,5)6-8(14)7-12/h6-7H2,1-5H3,(H,13,15). The van der Waals surface area contributed by atoms with Gasteiger partial charge in [-0.2, -0.15) is 0 Å². The molecule has 94 valence electrons. The topological polar surface area (TPSA) is 55.4 Å². The van der Waals surface area contributed by atoms with Crippen LogP contribution in [-0.4, -0.2) is 28.3 Å². The lowest BCUT2D eigenvalue weighted by atomic mass is 9.99. The molecule has 0 saturated carbocycles. The SMILES string of the molecule is CC(C)(CC(=O)CBr)NC(=O)OC(C)(C)C. The lowest BCUT2D eigenvalue weighted by molar-refractivity contribution is -0.117. The van der Waals surface area contributed by atoms with Crippen LogP contribution in [0.4, 0.5) is 4.79 Å². The van der Waals surface area contributed by atoms with E-state index < -0.39 is 17.2 Å². The fourth-order valence-corrected chi connectivity index (χ4v) is 1.36. The predicted molar refractivity (Wildman–Crippen MR) is 66.9 cm³/mol. The second-order valence-corrected chi connectivity index (χ2v) is 5.92. The van der Waals surface area contributed by atoms with Gasteiger partial charge in [-0.15, -0.1) is 0 Å². The van der Waals surface area contributed by atoms with Gasteiger partial charge in [0.05, 0.1) is 5.33 Å². The molecule has 5 heteroatoms. The molecule has 0 fully saturated rings. The van der Waals surface area contributed by atoms with Crippen LogP contribution < -0.4 is 5.32 Å². The van der Waals surface area contributed by atoms with Crippen molar-refractivity contribution >= 4 is 27.8 Å². The van der Waals surface area contributed by atoms with Crippen molar-refractivity contribution in [2.45, 2.75) is 52.2 Å². The second-order valence-electron chi connectivity index (χ2n) is 5.36.